The van der Waals surface area contributed by atoms with Gasteiger partial charge >= 0.3 is 0 Å². The second-order valence-electron chi connectivity index (χ2n) is 6.91. The third-order valence-corrected chi connectivity index (χ3v) is 4.92. The van der Waals surface area contributed by atoms with Gasteiger partial charge < -0.3 is 19.3 Å². The lowest BCUT2D eigenvalue weighted by Gasteiger charge is -2.16. The molecule has 0 spiro atoms. The first-order chi connectivity index (χ1) is 15.5. The van der Waals surface area contributed by atoms with E-state index in [0.29, 0.717) is 33.9 Å². The third-order valence-electron chi connectivity index (χ3n) is 4.67. The molecule has 1 heterocycles. The van der Waals surface area contributed by atoms with Crippen LogP contribution in [-0.4, -0.2) is 29.3 Å². The molecule has 1 atom stereocenters. The Morgan fingerprint density at radius 2 is 1.62 bits per heavy atom. The number of hydrogen-bond donors (Lipinski definition) is 1. The Hall–Kier alpha value is -3.84. The normalized spacial score (nSPS) is 11.6. The number of carbonyl (C=O) groups excluding carboxylic acids is 1. The van der Waals surface area contributed by atoms with E-state index in [2.05, 4.69) is 15.5 Å². The Labute approximate surface area is 189 Å². The number of rotatable bonds is 7. The maximum atomic E-state index is 12.5. The van der Waals surface area contributed by atoms with E-state index in [4.69, 9.17) is 25.6 Å². The Morgan fingerprint density at radius 1 is 0.969 bits per heavy atom. The fourth-order valence-electron chi connectivity index (χ4n) is 2.96. The van der Waals surface area contributed by atoms with Gasteiger partial charge in [-0.3, -0.25) is 4.79 Å². The number of methoxy groups -OCH3 is 1. The molecular weight excluding hydrogens is 430 g/mol. The number of aromatic nitrogens is 2. The van der Waals surface area contributed by atoms with E-state index in [1.165, 1.54) is 0 Å². The zero-order valence-electron chi connectivity index (χ0n) is 17.4. The number of carbonyl (C=O) groups is 1. The molecule has 32 heavy (non-hydrogen) atoms. The molecule has 162 valence electrons. The lowest BCUT2D eigenvalue weighted by atomic mass is 10.2. The molecule has 0 saturated carbocycles. The second kappa shape index (κ2) is 9.53. The van der Waals surface area contributed by atoms with Gasteiger partial charge in [0.2, 0.25) is 5.82 Å². The van der Waals surface area contributed by atoms with Gasteiger partial charge in [-0.1, -0.05) is 28.9 Å². The quantitative estimate of drug-likeness (QED) is 0.402. The zero-order chi connectivity index (χ0) is 22.5. The van der Waals surface area contributed by atoms with Crippen molar-refractivity contribution >= 4 is 23.2 Å². The number of benzene rings is 3. The summed E-state index contributed by atoms with van der Waals surface area (Å²) < 4.78 is 16.4. The SMILES string of the molecule is COc1ccccc1O[C@H](C)C(=O)Nc1ccc(-c2nc(-c3ccc(Cl)cc3)no2)cc1. The van der Waals surface area contributed by atoms with Gasteiger partial charge in [-0.2, -0.15) is 4.98 Å². The molecular formula is C24H20ClN3O4. The molecule has 1 aromatic heterocycles. The fraction of sp³-hybridized carbons (Fsp3) is 0.125. The summed E-state index contributed by atoms with van der Waals surface area (Å²) in [7, 11) is 1.55. The lowest BCUT2D eigenvalue weighted by molar-refractivity contribution is -0.122. The summed E-state index contributed by atoms with van der Waals surface area (Å²) in [5.74, 6) is 1.62. The number of amides is 1. The molecule has 0 unspecified atom stereocenters. The van der Waals surface area contributed by atoms with Crippen LogP contribution in [0.25, 0.3) is 22.8 Å². The standard InChI is InChI=1S/C24H20ClN3O4/c1-15(31-21-6-4-3-5-20(21)30-2)23(29)26-19-13-9-17(10-14-19)24-27-22(28-32-24)16-7-11-18(25)12-8-16/h3-15H,1-2H3,(H,26,29)/t15-/m1/s1. The number of anilines is 1. The van der Waals surface area contributed by atoms with Crippen molar-refractivity contribution in [3.63, 3.8) is 0 Å². The minimum Gasteiger partial charge on any atom is -0.493 e. The molecule has 3 aromatic carbocycles. The number of nitrogens with zero attached hydrogens (tertiary/aromatic N) is 2. The number of para-hydroxylation sites is 2. The molecule has 1 N–H and O–H groups in total. The smallest absolute Gasteiger partial charge is 0.265 e. The largest absolute Gasteiger partial charge is 0.493 e. The Kier molecular flexibility index (Phi) is 6.37. The summed E-state index contributed by atoms with van der Waals surface area (Å²) in [6.45, 7) is 1.67. The average Bonchev–Trinajstić information content (AvgIpc) is 3.30. The number of halogens is 1. The molecule has 0 aliphatic carbocycles. The van der Waals surface area contributed by atoms with E-state index < -0.39 is 6.10 Å². The van der Waals surface area contributed by atoms with Crippen LogP contribution in [-0.2, 0) is 4.79 Å². The molecule has 0 saturated heterocycles. The lowest BCUT2D eigenvalue weighted by Crippen LogP contribution is -2.30. The summed E-state index contributed by atoms with van der Waals surface area (Å²) >= 11 is 5.92. The Bertz CT molecular complexity index is 1210. The molecule has 1 amide bonds. The highest BCUT2D eigenvalue weighted by molar-refractivity contribution is 6.30. The molecule has 0 aliphatic rings. The van der Waals surface area contributed by atoms with Gasteiger partial charge in [0.05, 0.1) is 7.11 Å². The molecule has 0 fully saturated rings. The van der Waals surface area contributed by atoms with Gasteiger partial charge in [-0.05, 0) is 67.6 Å². The van der Waals surface area contributed by atoms with Gasteiger partial charge in [0.25, 0.3) is 11.8 Å². The van der Waals surface area contributed by atoms with Crippen LogP contribution >= 0.6 is 11.6 Å². The van der Waals surface area contributed by atoms with Gasteiger partial charge in [0.15, 0.2) is 17.6 Å². The first-order valence-corrected chi connectivity index (χ1v) is 10.2. The van der Waals surface area contributed by atoms with Crippen molar-refractivity contribution in [2.24, 2.45) is 0 Å². The van der Waals surface area contributed by atoms with Gasteiger partial charge in [-0.25, -0.2) is 0 Å². The molecule has 0 bridgehead atoms. The molecule has 4 aromatic rings. The Morgan fingerprint density at radius 3 is 2.31 bits per heavy atom. The maximum absolute atomic E-state index is 12.5. The number of ether oxygens (including phenoxy) is 2. The molecule has 0 aliphatic heterocycles. The van der Waals surface area contributed by atoms with Crippen LogP contribution in [0.4, 0.5) is 5.69 Å². The van der Waals surface area contributed by atoms with Crippen molar-refractivity contribution < 1.29 is 18.8 Å². The minimum absolute atomic E-state index is 0.286. The van der Waals surface area contributed by atoms with E-state index in [1.54, 1.807) is 62.6 Å². The van der Waals surface area contributed by atoms with Crippen molar-refractivity contribution in [3.8, 4) is 34.3 Å². The highest BCUT2D eigenvalue weighted by atomic mass is 35.5. The summed E-state index contributed by atoms with van der Waals surface area (Å²) in [4.78, 5) is 17.0. The second-order valence-corrected chi connectivity index (χ2v) is 7.34. The summed E-state index contributed by atoms with van der Waals surface area (Å²) in [6.07, 6.45) is -0.719. The topological polar surface area (TPSA) is 86.5 Å². The summed E-state index contributed by atoms with van der Waals surface area (Å²) in [5, 5.41) is 7.48. The van der Waals surface area contributed by atoms with Crippen LogP contribution in [0.5, 0.6) is 11.5 Å². The van der Waals surface area contributed by atoms with Crippen LogP contribution in [0.15, 0.2) is 77.3 Å². The van der Waals surface area contributed by atoms with Crippen LogP contribution < -0.4 is 14.8 Å². The minimum atomic E-state index is -0.719. The van der Waals surface area contributed by atoms with E-state index in [9.17, 15) is 4.79 Å². The van der Waals surface area contributed by atoms with Crippen LogP contribution in [0, 0.1) is 0 Å². The third kappa shape index (κ3) is 4.90. The van der Waals surface area contributed by atoms with Crippen molar-refractivity contribution in [1.29, 1.82) is 0 Å². The summed E-state index contributed by atoms with van der Waals surface area (Å²) in [5.41, 5.74) is 2.15. The first-order valence-electron chi connectivity index (χ1n) is 9.84. The predicted octanol–water partition coefficient (Wildman–Crippen LogP) is 5.47. The molecule has 7 nitrogen and oxygen atoms in total. The van der Waals surface area contributed by atoms with Gasteiger partial charge in [0.1, 0.15) is 0 Å². The van der Waals surface area contributed by atoms with Crippen molar-refractivity contribution in [2.75, 3.05) is 12.4 Å². The van der Waals surface area contributed by atoms with Crippen molar-refractivity contribution in [3.05, 3.63) is 77.8 Å². The monoisotopic (exact) mass is 449 g/mol. The van der Waals surface area contributed by atoms with Crippen molar-refractivity contribution in [2.45, 2.75) is 13.0 Å². The predicted molar refractivity (Wildman–Crippen MR) is 122 cm³/mol. The van der Waals surface area contributed by atoms with E-state index in [0.717, 1.165) is 11.1 Å². The number of nitrogens with one attached hydrogen (secondary N) is 1. The summed E-state index contributed by atoms with van der Waals surface area (Å²) in [6, 6.07) is 21.5. The molecule has 0 radical (unpaired) electrons. The number of hydrogen-bond acceptors (Lipinski definition) is 6. The maximum Gasteiger partial charge on any atom is 0.265 e. The Balaban J connectivity index is 1.40. The van der Waals surface area contributed by atoms with Crippen molar-refractivity contribution in [1.82, 2.24) is 10.1 Å². The molecule has 4 rings (SSSR count). The first kappa shape index (κ1) is 21.4. The van der Waals surface area contributed by atoms with E-state index >= 15 is 0 Å². The zero-order valence-corrected chi connectivity index (χ0v) is 18.2. The van der Waals surface area contributed by atoms with E-state index in [1.807, 2.05) is 24.3 Å². The highest BCUT2D eigenvalue weighted by Gasteiger charge is 2.17. The highest BCUT2D eigenvalue weighted by Crippen LogP contribution is 2.27. The van der Waals surface area contributed by atoms with Crippen LogP contribution in [0.3, 0.4) is 0 Å². The van der Waals surface area contributed by atoms with Crippen LogP contribution in [0.2, 0.25) is 5.02 Å². The molecule has 8 heteroatoms. The van der Waals surface area contributed by atoms with E-state index in [-0.39, 0.29) is 5.91 Å². The average molecular weight is 450 g/mol. The van der Waals surface area contributed by atoms with Crippen LogP contribution in [0.1, 0.15) is 6.92 Å². The van der Waals surface area contributed by atoms with Gasteiger partial charge in [0, 0.05) is 21.8 Å². The fourth-order valence-corrected chi connectivity index (χ4v) is 3.08. The van der Waals surface area contributed by atoms with Gasteiger partial charge in [-0.15, -0.1) is 0 Å².